The van der Waals surface area contributed by atoms with Crippen molar-refractivity contribution >= 4 is 0 Å². The fourth-order valence-electron chi connectivity index (χ4n) is 1.80. The van der Waals surface area contributed by atoms with E-state index in [9.17, 15) is 5.11 Å². The molecule has 0 aliphatic heterocycles. The molecule has 0 aliphatic carbocycles. The number of unbranched alkanes of at least 4 members (excludes halogenated alkanes) is 3. The predicted molar refractivity (Wildman–Crippen MR) is 76.2 cm³/mol. The first-order chi connectivity index (χ1) is 8.73. The van der Waals surface area contributed by atoms with Crippen LogP contribution in [0.2, 0.25) is 0 Å². The number of aliphatic hydroxyl groups is 1. The summed E-state index contributed by atoms with van der Waals surface area (Å²) in [6.07, 6.45) is 12.7. The van der Waals surface area contributed by atoms with E-state index in [0.717, 1.165) is 6.42 Å². The minimum absolute atomic E-state index is 0.527. The molecule has 1 rings (SSSR count). The van der Waals surface area contributed by atoms with E-state index >= 15 is 0 Å². The van der Waals surface area contributed by atoms with E-state index in [0.29, 0.717) is 12.1 Å². The zero-order chi connectivity index (χ0) is 13.3. The third-order valence-electron chi connectivity index (χ3n) is 3.02. The van der Waals surface area contributed by atoms with Gasteiger partial charge in [0.15, 0.2) is 0 Å². The Balaban J connectivity index is 2.53. The average Bonchev–Trinajstić information content (AvgIpc) is 2.43. The third-order valence-corrected chi connectivity index (χ3v) is 3.02. The zero-order valence-electron chi connectivity index (χ0n) is 11.2. The van der Waals surface area contributed by atoms with Crippen molar-refractivity contribution in [1.29, 1.82) is 0 Å². The lowest BCUT2D eigenvalue weighted by molar-refractivity contribution is 0.0884. The zero-order valence-corrected chi connectivity index (χ0v) is 11.2. The fraction of sp³-hybridized carbons (Fsp3) is 0.438. The fourth-order valence-corrected chi connectivity index (χ4v) is 1.80. The molecule has 0 spiro atoms. The van der Waals surface area contributed by atoms with Gasteiger partial charge in [-0.05, 0) is 25.0 Å². The van der Waals surface area contributed by atoms with E-state index < -0.39 is 5.60 Å². The summed E-state index contributed by atoms with van der Waals surface area (Å²) in [5, 5.41) is 10.5. The van der Waals surface area contributed by atoms with Crippen LogP contribution in [0.15, 0.2) is 49.2 Å². The van der Waals surface area contributed by atoms with Crippen molar-refractivity contribution in [3.05, 3.63) is 54.9 Å². The number of pyridine rings is 1. The van der Waals surface area contributed by atoms with Gasteiger partial charge in [-0.25, -0.2) is 0 Å². The quantitative estimate of drug-likeness (QED) is 0.555. The number of aromatic nitrogens is 1. The summed E-state index contributed by atoms with van der Waals surface area (Å²) in [7, 11) is 0. The van der Waals surface area contributed by atoms with Gasteiger partial charge in [-0.15, -0.1) is 0 Å². The predicted octanol–water partition coefficient (Wildman–Crippen LogP) is 3.98. The van der Waals surface area contributed by atoms with Crippen molar-refractivity contribution in [2.75, 3.05) is 0 Å². The summed E-state index contributed by atoms with van der Waals surface area (Å²) >= 11 is 0. The second kappa shape index (κ2) is 7.83. The first kappa shape index (κ1) is 14.7. The Kier molecular flexibility index (Phi) is 6.37. The van der Waals surface area contributed by atoms with Crippen molar-refractivity contribution < 1.29 is 5.11 Å². The maximum Gasteiger partial charge on any atom is 0.128 e. The van der Waals surface area contributed by atoms with E-state index in [1.807, 2.05) is 24.3 Å². The maximum atomic E-state index is 10.5. The number of allylic oxidation sites excluding steroid dienone is 1. The molecule has 1 N–H and O–H groups in total. The smallest absolute Gasteiger partial charge is 0.128 e. The van der Waals surface area contributed by atoms with Gasteiger partial charge < -0.3 is 5.11 Å². The molecule has 18 heavy (non-hydrogen) atoms. The van der Waals surface area contributed by atoms with Crippen molar-refractivity contribution in [2.24, 2.45) is 0 Å². The number of hydrogen-bond donors (Lipinski definition) is 1. The normalized spacial score (nSPS) is 14.6. The van der Waals surface area contributed by atoms with E-state index in [1.54, 1.807) is 12.3 Å². The molecule has 0 aromatic carbocycles. The monoisotopic (exact) mass is 245 g/mol. The molecule has 2 nitrogen and oxygen atoms in total. The molecule has 1 aromatic rings. The topological polar surface area (TPSA) is 33.1 Å². The van der Waals surface area contributed by atoms with E-state index in [1.165, 1.54) is 19.3 Å². The first-order valence-electron chi connectivity index (χ1n) is 6.65. The molecule has 1 aromatic heterocycles. The van der Waals surface area contributed by atoms with E-state index in [-0.39, 0.29) is 0 Å². The first-order valence-corrected chi connectivity index (χ1v) is 6.65. The van der Waals surface area contributed by atoms with Crippen LogP contribution < -0.4 is 0 Å². The lowest BCUT2D eigenvalue weighted by Gasteiger charge is -2.21. The van der Waals surface area contributed by atoms with Gasteiger partial charge >= 0.3 is 0 Å². The highest BCUT2D eigenvalue weighted by molar-refractivity contribution is 5.20. The van der Waals surface area contributed by atoms with E-state index in [4.69, 9.17) is 0 Å². The van der Waals surface area contributed by atoms with Crippen molar-refractivity contribution in [3.63, 3.8) is 0 Å². The van der Waals surface area contributed by atoms with Crippen LogP contribution in [0.3, 0.4) is 0 Å². The molecule has 1 unspecified atom stereocenters. The summed E-state index contributed by atoms with van der Waals surface area (Å²) in [5.74, 6) is 0. The van der Waals surface area contributed by atoms with Gasteiger partial charge in [-0.1, -0.05) is 50.6 Å². The molecule has 0 bridgehead atoms. The van der Waals surface area contributed by atoms with Crippen LogP contribution in [0.1, 0.15) is 44.7 Å². The van der Waals surface area contributed by atoms with Crippen LogP contribution in [0.4, 0.5) is 0 Å². The highest BCUT2D eigenvalue weighted by Gasteiger charge is 2.24. The number of hydrogen-bond acceptors (Lipinski definition) is 2. The second-order valence-electron chi connectivity index (χ2n) is 4.51. The van der Waals surface area contributed by atoms with Crippen LogP contribution >= 0.6 is 0 Å². The molecule has 0 saturated heterocycles. The van der Waals surface area contributed by atoms with E-state index in [2.05, 4.69) is 24.6 Å². The second-order valence-corrected chi connectivity index (χ2v) is 4.51. The van der Waals surface area contributed by atoms with Gasteiger partial charge in [-0.2, -0.15) is 0 Å². The van der Waals surface area contributed by atoms with Gasteiger partial charge in [-0.3, -0.25) is 4.98 Å². The van der Waals surface area contributed by atoms with Gasteiger partial charge in [0.05, 0.1) is 5.69 Å². The standard InChI is InChI=1S/C16H23NO/c1-3-5-6-7-8-10-13-16(18,4-2)15-12-9-11-14-17-15/h4,8-12,14,18H,2-3,5-7,13H2,1H3. The Morgan fingerprint density at radius 2 is 2.17 bits per heavy atom. The summed E-state index contributed by atoms with van der Waals surface area (Å²) in [6.45, 7) is 5.91. The molecule has 0 saturated carbocycles. The highest BCUT2D eigenvalue weighted by atomic mass is 16.3. The third kappa shape index (κ3) is 4.46. The summed E-state index contributed by atoms with van der Waals surface area (Å²) in [4.78, 5) is 4.19. The molecule has 0 radical (unpaired) electrons. The van der Waals surface area contributed by atoms with Gasteiger partial charge in [0.25, 0.3) is 0 Å². The van der Waals surface area contributed by atoms with Gasteiger partial charge in [0.2, 0.25) is 0 Å². The summed E-state index contributed by atoms with van der Waals surface area (Å²) in [5.41, 5.74) is -0.402. The number of rotatable bonds is 8. The Hall–Kier alpha value is -1.41. The van der Waals surface area contributed by atoms with Crippen LogP contribution in [-0.4, -0.2) is 10.1 Å². The molecule has 0 aliphatic rings. The molecule has 98 valence electrons. The van der Waals surface area contributed by atoms with Gasteiger partial charge in [0, 0.05) is 12.6 Å². The Morgan fingerprint density at radius 1 is 1.33 bits per heavy atom. The lowest BCUT2D eigenvalue weighted by atomic mass is 9.94. The van der Waals surface area contributed by atoms with Crippen LogP contribution in [0.25, 0.3) is 0 Å². The molecule has 1 atom stereocenters. The highest BCUT2D eigenvalue weighted by Crippen LogP contribution is 2.24. The average molecular weight is 245 g/mol. The van der Waals surface area contributed by atoms with Crippen LogP contribution in [-0.2, 0) is 5.60 Å². The largest absolute Gasteiger partial charge is 0.379 e. The molecule has 2 heteroatoms. The Labute approximate surface area is 110 Å². The number of nitrogens with zero attached hydrogens (tertiary/aromatic N) is 1. The minimum atomic E-state index is -1.05. The molecule has 1 heterocycles. The SMILES string of the molecule is C=CC(O)(CC=CCCCCC)c1ccccn1. The van der Waals surface area contributed by atoms with Crippen LogP contribution in [0, 0.1) is 0 Å². The molecule has 0 fully saturated rings. The van der Waals surface area contributed by atoms with Crippen molar-refractivity contribution in [3.8, 4) is 0 Å². The van der Waals surface area contributed by atoms with Crippen molar-refractivity contribution in [2.45, 2.75) is 44.6 Å². The Morgan fingerprint density at radius 3 is 2.78 bits per heavy atom. The maximum absolute atomic E-state index is 10.5. The minimum Gasteiger partial charge on any atom is -0.379 e. The molecule has 0 amide bonds. The lowest BCUT2D eigenvalue weighted by Crippen LogP contribution is -2.22. The van der Waals surface area contributed by atoms with Gasteiger partial charge in [0.1, 0.15) is 5.60 Å². The molecular weight excluding hydrogens is 222 g/mol. The molecular formula is C16H23NO. The Bertz CT molecular complexity index is 372. The summed E-state index contributed by atoms with van der Waals surface area (Å²) < 4.78 is 0. The summed E-state index contributed by atoms with van der Waals surface area (Å²) in [6, 6.07) is 5.54. The van der Waals surface area contributed by atoms with Crippen molar-refractivity contribution in [1.82, 2.24) is 4.98 Å². The van der Waals surface area contributed by atoms with Crippen LogP contribution in [0.5, 0.6) is 0 Å².